The van der Waals surface area contributed by atoms with Crippen LogP contribution >= 0.6 is 0 Å². The maximum absolute atomic E-state index is 11.5. The molecule has 2 aromatic carbocycles. The van der Waals surface area contributed by atoms with Gasteiger partial charge in [0.05, 0.1) is 30.7 Å². The first-order valence-corrected chi connectivity index (χ1v) is 12.3. The predicted octanol–water partition coefficient (Wildman–Crippen LogP) is 4.90. The minimum atomic E-state index is -1.08. The zero-order valence-electron chi connectivity index (χ0n) is 21.2. The molecule has 35 heavy (non-hydrogen) atoms. The minimum Gasteiger partial charge on any atom is -0.497 e. The Bertz CT molecular complexity index is 1080. The second kappa shape index (κ2) is 12.0. The number of hydrogen-bond donors (Lipinski definition) is 2. The first-order chi connectivity index (χ1) is 16.8. The quantitative estimate of drug-likeness (QED) is 0.488. The molecule has 0 saturated heterocycles. The monoisotopic (exact) mass is 479 g/mol. The number of rotatable bonds is 6. The van der Waals surface area contributed by atoms with Gasteiger partial charge in [-0.15, -0.1) is 0 Å². The Morgan fingerprint density at radius 2 is 1.71 bits per heavy atom. The van der Waals surface area contributed by atoms with Crippen LogP contribution in [-0.2, 0) is 15.1 Å². The van der Waals surface area contributed by atoms with Gasteiger partial charge in [-0.3, -0.25) is 4.79 Å². The maximum atomic E-state index is 11.5. The van der Waals surface area contributed by atoms with Gasteiger partial charge in [0, 0.05) is 5.56 Å². The molecule has 188 valence electrons. The van der Waals surface area contributed by atoms with Crippen LogP contribution in [0.15, 0.2) is 54.6 Å². The van der Waals surface area contributed by atoms with Gasteiger partial charge in [0.15, 0.2) is 0 Å². The lowest BCUT2D eigenvalue weighted by atomic mass is 9.81. The first-order valence-electron chi connectivity index (χ1n) is 12.3. The van der Waals surface area contributed by atoms with Crippen molar-refractivity contribution in [2.75, 3.05) is 13.7 Å². The number of aliphatic hydroxyl groups is 1. The van der Waals surface area contributed by atoms with Crippen LogP contribution in [-0.4, -0.2) is 40.6 Å². The lowest BCUT2D eigenvalue weighted by molar-refractivity contribution is -0.152. The maximum Gasteiger partial charge on any atom is 0.319 e. The smallest absolute Gasteiger partial charge is 0.319 e. The summed E-state index contributed by atoms with van der Waals surface area (Å²) in [7, 11) is 1.63. The summed E-state index contributed by atoms with van der Waals surface area (Å²) in [5, 5.41) is 16.3. The number of benzene rings is 2. The largest absolute Gasteiger partial charge is 0.497 e. The van der Waals surface area contributed by atoms with Crippen LogP contribution in [0.3, 0.4) is 0 Å². The Morgan fingerprint density at radius 3 is 2.26 bits per heavy atom. The van der Waals surface area contributed by atoms with E-state index in [1.807, 2.05) is 35.0 Å². The number of methoxy groups -OCH3 is 1. The van der Waals surface area contributed by atoms with Gasteiger partial charge in [-0.05, 0) is 62.9 Å². The summed E-state index contributed by atoms with van der Waals surface area (Å²) in [6.07, 6.45) is 3.09. The van der Waals surface area contributed by atoms with E-state index in [1.54, 1.807) is 7.11 Å². The van der Waals surface area contributed by atoms with Crippen molar-refractivity contribution in [3.63, 3.8) is 0 Å². The van der Waals surface area contributed by atoms with E-state index in [9.17, 15) is 9.90 Å². The Hall–Kier alpha value is -3.16. The summed E-state index contributed by atoms with van der Waals surface area (Å²) in [4.78, 5) is 11.5. The molecule has 0 atom stereocenters. The molecule has 1 fully saturated rings. The van der Waals surface area contributed by atoms with Crippen molar-refractivity contribution in [2.24, 2.45) is 5.73 Å². The summed E-state index contributed by atoms with van der Waals surface area (Å²) < 4.78 is 12.5. The molecular weight excluding hydrogens is 442 g/mol. The number of nitrogens with zero attached hydrogens (tertiary/aromatic N) is 2. The lowest BCUT2D eigenvalue weighted by Gasteiger charge is -2.34. The van der Waals surface area contributed by atoms with E-state index >= 15 is 0 Å². The van der Waals surface area contributed by atoms with Crippen molar-refractivity contribution in [3.8, 4) is 22.7 Å². The predicted molar refractivity (Wildman–Crippen MR) is 138 cm³/mol. The standard InChI is InChI=1S/C25H29N3O4.C3H8/c1-17-3-5-18(6-4-17)22-15-23(27-28(22)19-7-9-20(31-2)10-8-19)25(30)13-11-21(12-14-25)32-24(29)16-26;1-3-2/h3-10,15,21,30H,11-14,16,26H2,1-2H3;3H2,1-2H3. The Balaban J connectivity index is 0.00000108. The molecule has 0 amide bonds. The van der Waals surface area contributed by atoms with Crippen molar-refractivity contribution in [1.82, 2.24) is 9.78 Å². The molecule has 1 saturated carbocycles. The van der Waals surface area contributed by atoms with Gasteiger partial charge in [-0.25, -0.2) is 4.68 Å². The molecule has 1 heterocycles. The highest BCUT2D eigenvalue weighted by molar-refractivity contribution is 5.71. The number of ether oxygens (including phenoxy) is 2. The van der Waals surface area contributed by atoms with Gasteiger partial charge >= 0.3 is 5.97 Å². The molecule has 1 aliphatic carbocycles. The summed E-state index contributed by atoms with van der Waals surface area (Å²) in [6, 6.07) is 17.9. The van der Waals surface area contributed by atoms with Crippen molar-refractivity contribution in [1.29, 1.82) is 0 Å². The molecule has 0 radical (unpaired) electrons. The molecule has 1 aromatic heterocycles. The van der Waals surface area contributed by atoms with Gasteiger partial charge in [0.2, 0.25) is 0 Å². The third-order valence-electron chi connectivity index (χ3n) is 6.08. The molecule has 3 aromatic rings. The third kappa shape index (κ3) is 6.50. The van der Waals surface area contributed by atoms with Crippen molar-refractivity contribution < 1.29 is 19.4 Å². The number of carbonyl (C=O) groups is 1. The number of nitrogens with two attached hydrogens (primary N) is 1. The highest BCUT2D eigenvalue weighted by Crippen LogP contribution is 2.39. The average Bonchev–Trinajstić information content (AvgIpc) is 3.33. The summed E-state index contributed by atoms with van der Waals surface area (Å²) in [5.74, 6) is 0.355. The van der Waals surface area contributed by atoms with Crippen LogP contribution in [0.25, 0.3) is 16.9 Å². The van der Waals surface area contributed by atoms with Crippen LogP contribution in [0.2, 0.25) is 0 Å². The van der Waals surface area contributed by atoms with Crippen molar-refractivity contribution >= 4 is 5.97 Å². The second-order valence-corrected chi connectivity index (χ2v) is 9.02. The van der Waals surface area contributed by atoms with E-state index in [2.05, 4.69) is 45.0 Å². The average molecular weight is 480 g/mol. The Kier molecular flexibility index (Phi) is 9.07. The lowest BCUT2D eigenvalue weighted by Crippen LogP contribution is -2.36. The number of carbonyl (C=O) groups excluding carboxylic acids is 1. The highest BCUT2D eigenvalue weighted by atomic mass is 16.5. The summed E-state index contributed by atoms with van der Waals surface area (Å²) >= 11 is 0. The molecule has 0 spiro atoms. The first kappa shape index (κ1) is 26.4. The normalized spacial score (nSPS) is 19.4. The molecule has 0 unspecified atom stereocenters. The molecule has 7 heteroatoms. The fourth-order valence-corrected chi connectivity index (χ4v) is 4.14. The molecule has 4 rings (SSSR count). The van der Waals surface area contributed by atoms with Crippen LogP contribution < -0.4 is 10.5 Å². The zero-order chi connectivity index (χ0) is 25.4. The van der Waals surface area contributed by atoms with Crippen LogP contribution in [0, 0.1) is 6.92 Å². The Morgan fingerprint density at radius 1 is 1.11 bits per heavy atom. The number of hydrogen-bond acceptors (Lipinski definition) is 6. The number of esters is 1. The third-order valence-corrected chi connectivity index (χ3v) is 6.08. The van der Waals surface area contributed by atoms with Crippen LogP contribution in [0.1, 0.15) is 57.2 Å². The van der Waals surface area contributed by atoms with Gasteiger partial charge in [-0.1, -0.05) is 50.1 Å². The topological polar surface area (TPSA) is 99.6 Å². The van der Waals surface area contributed by atoms with E-state index < -0.39 is 11.6 Å². The second-order valence-electron chi connectivity index (χ2n) is 9.02. The Labute approximate surface area is 207 Å². The SMILES string of the molecule is CCC.COc1ccc(-n2nc(C3(O)CCC(OC(=O)CN)CC3)cc2-c2ccc(C)cc2)cc1. The molecule has 0 aliphatic heterocycles. The van der Waals surface area contributed by atoms with Crippen molar-refractivity contribution in [2.45, 2.75) is 64.6 Å². The van der Waals surface area contributed by atoms with E-state index in [-0.39, 0.29) is 12.6 Å². The van der Waals surface area contributed by atoms with Gasteiger partial charge in [0.1, 0.15) is 17.5 Å². The molecule has 0 bridgehead atoms. The summed E-state index contributed by atoms with van der Waals surface area (Å²) in [6.45, 7) is 6.17. The minimum absolute atomic E-state index is 0.132. The van der Waals surface area contributed by atoms with E-state index in [0.29, 0.717) is 31.4 Å². The zero-order valence-corrected chi connectivity index (χ0v) is 21.2. The van der Waals surface area contributed by atoms with Crippen LogP contribution in [0.5, 0.6) is 5.75 Å². The number of aryl methyl sites for hydroxylation is 1. The highest BCUT2D eigenvalue weighted by Gasteiger charge is 2.38. The fraction of sp³-hybridized carbons (Fsp3) is 0.429. The van der Waals surface area contributed by atoms with Crippen molar-refractivity contribution in [3.05, 3.63) is 65.9 Å². The van der Waals surface area contributed by atoms with E-state index in [1.165, 1.54) is 12.0 Å². The van der Waals surface area contributed by atoms with Gasteiger partial charge in [0.25, 0.3) is 0 Å². The fourth-order valence-electron chi connectivity index (χ4n) is 4.14. The molecule has 7 nitrogen and oxygen atoms in total. The number of aromatic nitrogens is 2. The van der Waals surface area contributed by atoms with Gasteiger partial charge in [-0.2, -0.15) is 5.10 Å². The molecule has 3 N–H and O–H groups in total. The molecule has 1 aliphatic rings. The van der Waals surface area contributed by atoms with Crippen LogP contribution in [0.4, 0.5) is 0 Å². The van der Waals surface area contributed by atoms with Gasteiger partial charge < -0.3 is 20.3 Å². The van der Waals surface area contributed by atoms with E-state index in [0.717, 1.165) is 22.7 Å². The van der Waals surface area contributed by atoms with E-state index in [4.69, 9.17) is 20.3 Å². The summed E-state index contributed by atoms with van der Waals surface area (Å²) in [5.41, 5.74) is 8.85. The molecular formula is C28H37N3O4.